The maximum atomic E-state index is 14.0. The molecule has 24 heteroatoms. The molecule has 0 radical (unpaired) electrons. The minimum absolute atomic E-state index is 0.0802. The first kappa shape index (κ1) is 61.1. The van der Waals surface area contributed by atoms with Crippen LogP contribution in [0, 0.1) is 0 Å². The van der Waals surface area contributed by atoms with Crippen LogP contribution in [0.25, 0.3) is 0 Å². The Hall–Kier alpha value is -7.18. The van der Waals surface area contributed by atoms with E-state index in [-0.39, 0.29) is 70.1 Å². The van der Waals surface area contributed by atoms with Crippen molar-refractivity contribution in [1.29, 1.82) is 0 Å². The van der Waals surface area contributed by atoms with Gasteiger partial charge in [-0.05, 0) is 43.9 Å². The van der Waals surface area contributed by atoms with Gasteiger partial charge < -0.3 is 62.5 Å². The van der Waals surface area contributed by atoms with Gasteiger partial charge in [0.15, 0.2) is 0 Å². The number of rotatable bonds is 33. The summed E-state index contributed by atoms with van der Waals surface area (Å²) in [6.07, 6.45) is 2.16. The van der Waals surface area contributed by atoms with Gasteiger partial charge in [-0.25, -0.2) is 14.4 Å². The Kier molecular flexibility index (Phi) is 28.3. The fourth-order valence-corrected chi connectivity index (χ4v) is 7.85. The number of benzene rings is 2. The fourth-order valence-electron chi connectivity index (χ4n) is 7.85. The monoisotopic (exact) mass is 1040 g/mol. The highest BCUT2D eigenvalue weighted by atomic mass is 16.4. The van der Waals surface area contributed by atoms with Crippen molar-refractivity contribution in [3.8, 4) is 0 Å². The van der Waals surface area contributed by atoms with Crippen molar-refractivity contribution in [3.05, 3.63) is 71.8 Å². The van der Waals surface area contributed by atoms with E-state index < -0.39 is 84.6 Å². The van der Waals surface area contributed by atoms with E-state index in [1.165, 1.54) is 0 Å². The first-order chi connectivity index (χ1) is 35.4. The van der Waals surface area contributed by atoms with Crippen molar-refractivity contribution in [2.75, 3.05) is 79.0 Å². The molecule has 2 aromatic rings. The van der Waals surface area contributed by atoms with Gasteiger partial charge in [0.05, 0.1) is 13.1 Å². The molecule has 408 valence electrons. The smallest absolute Gasteiger partial charge is 0.326 e. The molecule has 11 N–H and O–H groups in total. The number of hydrogen-bond donors (Lipinski definition) is 11. The second-order valence-electron chi connectivity index (χ2n) is 18.2. The van der Waals surface area contributed by atoms with Crippen molar-refractivity contribution in [2.45, 2.75) is 101 Å². The molecule has 4 unspecified atom stereocenters. The Balaban J connectivity index is 1.45. The second kappa shape index (κ2) is 34.3. The van der Waals surface area contributed by atoms with Gasteiger partial charge >= 0.3 is 29.9 Å². The lowest BCUT2D eigenvalue weighted by Crippen LogP contribution is -2.55. The molecule has 0 aliphatic carbocycles. The number of amides is 7. The van der Waals surface area contributed by atoms with Crippen molar-refractivity contribution in [1.82, 2.24) is 51.9 Å². The van der Waals surface area contributed by atoms with Crippen LogP contribution in [0.4, 0.5) is 4.79 Å². The van der Waals surface area contributed by atoms with Gasteiger partial charge in [-0.15, -0.1) is 0 Å². The molecule has 2 aromatic carbocycles. The van der Waals surface area contributed by atoms with E-state index in [9.17, 15) is 63.3 Å². The number of nitrogens with zero attached hydrogens (tertiary/aromatic N) is 3. The van der Waals surface area contributed by atoms with Gasteiger partial charge in [0.2, 0.25) is 29.5 Å². The van der Waals surface area contributed by atoms with Crippen LogP contribution in [-0.2, 0) is 56.0 Å². The standard InChI is InChI=1S/C50H74N10O14/c1-58-25-27-59(29-30-60(28-26-58)34-45(66)67)33-43(63)52-23-24-53-46(68)39(31-35-13-7-5-8-14-35)55-47(69)40(32-36-15-9-6-10-16-36)54-42(62)17-11-3-2-4-12-22-51-41(61)20-18-37(48(70)71)56-50(74)57-38(49(72)73)19-21-44(64)65/h5-10,13-16,37-40H,2-4,11-12,17-34H2,1H3,(H,51,61)(H,52,63)(H,53,68)(H,54,62)(H,55,69)(H,64,65)(H,66,67)(H,70,71)(H,72,73)(H2,56,57,74). The van der Waals surface area contributed by atoms with Crippen LogP contribution >= 0.6 is 0 Å². The highest BCUT2D eigenvalue weighted by molar-refractivity contribution is 5.92. The Morgan fingerprint density at radius 1 is 0.459 bits per heavy atom. The normalized spacial score (nSPS) is 15.0. The number of hydrogen-bond acceptors (Lipinski definition) is 13. The predicted octanol–water partition coefficient (Wildman–Crippen LogP) is -0.385. The molecule has 1 heterocycles. The van der Waals surface area contributed by atoms with Gasteiger partial charge in [-0.2, -0.15) is 0 Å². The number of urea groups is 1. The molecular weight excluding hydrogens is 965 g/mol. The average Bonchev–Trinajstić information content (AvgIpc) is 3.43. The highest BCUT2D eigenvalue weighted by Crippen LogP contribution is 2.10. The second-order valence-corrected chi connectivity index (χ2v) is 18.2. The van der Waals surface area contributed by atoms with Crippen molar-refractivity contribution in [2.24, 2.45) is 0 Å². The Labute approximate surface area is 430 Å². The predicted molar refractivity (Wildman–Crippen MR) is 270 cm³/mol. The first-order valence-electron chi connectivity index (χ1n) is 25.0. The Morgan fingerprint density at radius 2 is 0.946 bits per heavy atom. The first-order valence-corrected chi connectivity index (χ1v) is 25.0. The van der Waals surface area contributed by atoms with Gasteiger partial charge in [-0.3, -0.25) is 43.4 Å². The summed E-state index contributed by atoms with van der Waals surface area (Å²) in [5, 5.41) is 55.0. The molecule has 74 heavy (non-hydrogen) atoms. The van der Waals surface area contributed by atoms with E-state index in [4.69, 9.17) is 5.11 Å². The van der Waals surface area contributed by atoms with Crippen LogP contribution in [0.1, 0.15) is 75.3 Å². The number of carboxylic acid groups (broad SMARTS) is 4. The van der Waals surface area contributed by atoms with Crippen LogP contribution in [0.5, 0.6) is 0 Å². The molecule has 0 saturated carbocycles. The van der Waals surface area contributed by atoms with Gasteiger partial charge in [0, 0.05) is 91.0 Å². The third-order valence-corrected chi connectivity index (χ3v) is 12.1. The van der Waals surface area contributed by atoms with Crippen molar-refractivity contribution >= 4 is 59.4 Å². The third-order valence-electron chi connectivity index (χ3n) is 12.1. The minimum atomic E-state index is -1.56. The van der Waals surface area contributed by atoms with Crippen LogP contribution in [0.3, 0.4) is 0 Å². The van der Waals surface area contributed by atoms with Crippen molar-refractivity contribution < 1.29 is 68.4 Å². The van der Waals surface area contributed by atoms with Crippen molar-refractivity contribution in [3.63, 3.8) is 0 Å². The summed E-state index contributed by atoms with van der Waals surface area (Å²) in [5.74, 6) is -7.21. The van der Waals surface area contributed by atoms with Gasteiger partial charge in [0.1, 0.15) is 24.2 Å². The zero-order chi connectivity index (χ0) is 54.3. The molecule has 1 saturated heterocycles. The van der Waals surface area contributed by atoms with Gasteiger partial charge in [-0.1, -0.05) is 79.9 Å². The molecule has 3 rings (SSSR count). The number of aliphatic carboxylic acids is 4. The molecule has 1 fully saturated rings. The van der Waals surface area contributed by atoms with Crippen LogP contribution in [0.15, 0.2) is 60.7 Å². The average molecular weight is 1040 g/mol. The lowest BCUT2D eigenvalue weighted by atomic mass is 10.0. The zero-order valence-corrected chi connectivity index (χ0v) is 42.1. The summed E-state index contributed by atoms with van der Waals surface area (Å²) in [4.78, 5) is 130. The van der Waals surface area contributed by atoms with E-state index in [1.54, 1.807) is 0 Å². The van der Waals surface area contributed by atoms with E-state index in [1.807, 2.05) is 82.8 Å². The number of likely N-dealkylation sites (N-methyl/N-ethyl adjacent to an activating group) is 1. The number of carboxylic acids is 4. The van der Waals surface area contributed by atoms with Crippen LogP contribution < -0.4 is 37.2 Å². The number of nitrogens with one attached hydrogen (secondary N) is 7. The summed E-state index contributed by atoms with van der Waals surface area (Å²) in [5.41, 5.74) is 1.58. The molecule has 0 spiro atoms. The molecule has 1 aliphatic rings. The summed E-state index contributed by atoms with van der Waals surface area (Å²) in [6, 6.07) is 12.0. The zero-order valence-electron chi connectivity index (χ0n) is 42.1. The molecule has 0 bridgehead atoms. The summed E-state index contributed by atoms with van der Waals surface area (Å²) >= 11 is 0. The summed E-state index contributed by atoms with van der Waals surface area (Å²) in [7, 11) is 1.95. The Morgan fingerprint density at radius 3 is 1.50 bits per heavy atom. The number of unbranched alkanes of at least 4 members (excludes halogenated alkanes) is 4. The highest BCUT2D eigenvalue weighted by Gasteiger charge is 2.29. The van der Waals surface area contributed by atoms with E-state index >= 15 is 0 Å². The summed E-state index contributed by atoms with van der Waals surface area (Å²) in [6.45, 7) is 4.20. The number of carbonyl (C=O) groups excluding carboxylic acids is 6. The van der Waals surface area contributed by atoms with Gasteiger partial charge in [0.25, 0.3) is 0 Å². The lowest BCUT2D eigenvalue weighted by molar-refractivity contribution is -0.141. The molecular formula is C50H74N10O14. The van der Waals surface area contributed by atoms with E-state index in [0.717, 1.165) is 17.5 Å². The topological polar surface area (TPSA) is 346 Å². The van der Waals surface area contributed by atoms with E-state index in [0.29, 0.717) is 71.5 Å². The minimum Gasteiger partial charge on any atom is -0.481 e. The Bertz CT molecular complexity index is 2140. The molecule has 24 nitrogen and oxygen atoms in total. The number of carbonyl (C=O) groups is 10. The maximum absolute atomic E-state index is 14.0. The largest absolute Gasteiger partial charge is 0.481 e. The quantitative estimate of drug-likeness (QED) is 0.0406. The third kappa shape index (κ3) is 26.5. The van der Waals surface area contributed by atoms with Crippen LogP contribution in [-0.4, -0.2) is 198 Å². The SMILES string of the molecule is CN1CCN(CC(=O)O)CCN(CC(=O)NCCNC(=O)C(Cc2ccccc2)NC(=O)C(Cc2ccccc2)NC(=O)CCCCCCCNC(=O)CCC(NC(=O)NC(CCC(=O)O)C(=O)O)C(=O)O)CC1. The summed E-state index contributed by atoms with van der Waals surface area (Å²) < 4.78 is 0. The molecule has 1 aliphatic heterocycles. The van der Waals surface area contributed by atoms with Crippen LogP contribution in [0.2, 0.25) is 0 Å². The fraction of sp³-hybridized carbons (Fsp3) is 0.560. The van der Waals surface area contributed by atoms with E-state index in [2.05, 4.69) is 36.8 Å². The maximum Gasteiger partial charge on any atom is 0.326 e. The molecule has 4 atom stereocenters. The molecule has 7 amide bonds. The lowest BCUT2D eigenvalue weighted by Gasteiger charge is -2.24. The molecule has 0 aromatic heterocycles.